The maximum absolute atomic E-state index is 14.0. The van der Waals surface area contributed by atoms with Gasteiger partial charge >= 0.3 is 12.3 Å². The van der Waals surface area contributed by atoms with Crippen LogP contribution in [0.4, 0.5) is 18.0 Å². The van der Waals surface area contributed by atoms with Gasteiger partial charge in [0.15, 0.2) is 6.10 Å². The first-order valence-corrected chi connectivity index (χ1v) is 19.8. The Morgan fingerprint density at radius 1 is 1.00 bits per heavy atom. The third kappa shape index (κ3) is 15.1. The maximum atomic E-state index is 14.0. The average Bonchev–Trinajstić information content (AvgIpc) is 3.19. The van der Waals surface area contributed by atoms with Crippen molar-refractivity contribution in [1.82, 2.24) is 16.0 Å². The first-order valence-electron chi connectivity index (χ1n) is 19.8. The van der Waals surface area contributed by atoms with E-state index >= 15 is 0 Å². The van der Waals surface area contributed by atoms with Crippen molar-refractivity contribution >= 4 is 35.6 Å². The lowest BCUT2D eigenvalue weighted by Gasteiger charge is -2.30. The van der Waals surface area contributed by atoms with Gasteiger partial charge in [-0.15, -0.1) is 0 Å². The van der Waals surface area contributed by atoms with Crippen molar-refractivity contribution in [2.45, 2.75) is 96.8 Å². The summed E-state index contributed by atoms with van der Waals surface area (Å²) in [6.07, 6.45) is 4.37. The first kappa shape index (κ1) is 49.0. The van der Waals surface area contributed by atoms with Gasteiger partial charge in [-0.1, -0.05) is 63.1 Å². The molecule has 6 N–H and O–H groups in total. The molecule has 0 aromatic heterocycles. The van der Waals surface area contributed by atoms with E-state index in [0.29, 0.717) is 43.5 Å². The Morgan fingerprint density at radius 3 is 2.28 bits per heavy atom. The van der Waals surface area contributed by atoms with Gasteiger partial charge in [0.2, 0.25) is 17.5 Å². The Bertz CT molecular complexity index is 1880. The van der Waals surface area contributed by atoms with E-state index < -0.39 is 65.6 Å². The Balaban J connectivity index is 1.71. The van der Waals surface area contributed by atoms with E-state index in [2.05, 4.69) is 16.0 Å². The molecule has 6 atom stereocenters. The number of benzene rings is 1. The summed E-state index contributed by atoms with van der Waals surface area (Å²) in [5, 5.41) is 19.9. The summed E-state index contributed by atoms with van der Waals surface area (Å²) in [7, 11) is 2.88. The molecule has 328 valence electrons. The lowest BCUT2D eigenvalue weighted by atomic mass is 9.85. The molecule has 2 bridgehead atoms. The standard InChI is InChI=1S/C44H57F3N4O9/c1-26-22-32-38(50-21-10-8-7-9-20-49-37(53)19-16-30-14-17-31(18-15-30)44(45,46)47)34(52)25-33(40(32)55)51-42(56)27(2)12-11-13-35(58-5)41(60-43(48)57)29(4)24-28(3)39(54)36(23-26)59-6/h11-19,24-26,28,35-36,39,41,50,54H,7-10,20-23H2,1-6H3,(H2,48,57)(H,49,53)(H,51,56)/b13-11-,19-16+,27-12+,29-24+/t26-,28+,35+,36+,39-,41+/m1/s1. The fourth-order valence-electron chi connectivity index (χ4n) is 6.82. The number of fused-ring (bicyclic) bond motifs is 2. The third-order valence-electron chi connectivity index (χ3n) is 10.2. The summed E-state index contributed by atoms with van der Waals surface area (Å²) in [6, 6.07) is 4.48. The zero-order chi connectivity index (χ0) is 44.6. The smallest absolute Gasteiger partial charge is 0.416 e. The number of ketones is 2. The van der Waals surface area contributed by atoms with E-state index in [1.54, 1.807) is 26.0 Å². The number of unbranched alkanes of at least 4 members (excludes halogenated alkanes) is 3. The molecule has 0 fully saturated rings. The van der Waals surface area contributed by atoms with Crippen LogP contribution in [0.25, 0.3) is 6.08 Å². The number of rotatable bonds is 13. The summed E-state index contributed by atoms with van der Waals surface area (Å²) < 4.78 is 55.0. The number of allylic oxidation sites excluding steroid dienone is 4. The van der Waals surface area contributed by atoms with Crippen LogP contribution in [0.15, 0.2) is 88.8 Å². The number of methoxy groups -OCH3 is 2. The molecule has 0 radical (unpaired) electrons. The molecule has 3 amide bonds. The van der Waals surface area contributed by atoms with Gasteiger partial charge in [-0.2, -0.15) is 13.2 Å². The molecule has 1 aromatic carbocycles. The van der Waals surface area contributed by atoms with Gasteiger partial charge in [0.1, 0.15) is 6.10 Å². The third-order valence-corrected chi connectivity index (χ3v) is 10.2. The molecule has 3 rings (SSSR count). The van der Waals surface area contributed by atoms with Gasteiger partial charge in [-0.05, 0) is 74.8 Å². The van der Waals surface area contributed by atoms with Gasteiger partial charge in [0.05, 0.1) is 29.2 Å². The highest BCUT2D eigenvalue weighted by molar-refractivity contribution is 6.23. The maximum Gasteiger partial charge on any atom is 0.416 e. The molecule has 0 spiro atoms. The minimum atomic E-state index is -4.44. The molecular formula is C44H57F3N4O9. The van der Waals surface area contributed by atoms with E-state index in [4.69, 9.17) is 19.9 Å². The monoisotopic (exact) mass is 842 g/mol. The van der Waals surface area contributed by atoms with Crippen molar-refractivity contribution in [3.63, 3.8) is 0 Å². The highest BCUT2D eigenvalue weighted by Crippen LogP contribution is 2.30. The molecular weight excluding hydrogens is 785 g/mol. The van der Waals surface area contributed by atoms with Gasteiger partial charge in [0, 0.05) is 56.5 Å². The fraction of sp³-hybridized carbons (Fsp3) is 0.477. The number of carbonyl (C=O) groups is 5. The van der Waals surface area contributed by atoms with Gasteiger partial charge < -0.3 is 41.0 Å². The van der Waals surface area contributed by atoms with Crippen molar-refractivity contribution < 1.29 is 56.5 Å². The second kappa shape index (κ2) is 23.5. The minimum Gasteiger partial charge on any atom is -0.439 e. The zero-order valence-corrected chi connectivity index (χ0v) is 34.9. The van der Waals surface area contributed by atoms with E-state index in [1.807, 2.05) is 6.92 Å². The van der Waals surface area contributed by atoms with Crippen LogP contribution in [0.3, 0.4) is 0 Å². The largest absolute Gasteiger partial charge is 0.439 e. The van der Waals surface area contributed by atoms with E-state index in [1.165, 1.54) is 57.6 Å². The van der Waals surface area contributed by atoms with Crippen LogP contribution in [0.1, 0.15) is 77.3 Å². The number of halogens is 3. The number of amides is 3. The van der Waals surface area contributed by atoms with Crippen LogP contribution in [0, 0.1) is 11.8 Å². The van der Waals surface area contributed by atoms with Crippen molar-refractivity contribution in [3.05, 3.63) is 100.0 Å². The number of aliphatic hydroxyl groups excluding tert-OH is 1. The Morgan fingerprint density at radius 2 is 1.67 bits per heavy atom. The lowest BCUT2D eigenvalue weighted by molar-refractivity contribution is -0.137. The molecule has 2 aliphatic rings. The number of nitrogens with two attached hydrogens (primary N) is 1. The van der Waals surface area contributed by atoms with Crippen LogP contribution in [0.5, 0.6) is 0 Å². The van der Waals surface area contributed by atoms with Crippen molar-refractivity contribution in [1.29, 1.82) is 0 Å². The molecule has 0 saturated carbocycles. The first-order chi connectivity index (χ1) is 28.4. The predicted molar refractivity (Wildman–Crippen MR) is 219 cm³/mol. The topological polar surface area (TPSA) is 195 Å². The van der Waals surface area contributed by atoms with Gasteiger partial charge in [-0.3, -0.25) is 19.2 Å². The summed E-state index contributed by atoms with van der Waals surface area (Å²) >= 11 is 0. The summed E-state index contributed by atoms with van der Waals surface area (Å²) in [4.78, 5) is 64.8. The number of aliphatic hydroxyl groups is 1. The minimum absolute atomic E-state index is 0.130. The molecule has 16 heteroatoms. The average molecular weight is 843 g/mol. The zero-order valence-electron chi connectivity index (χ0n) is 34.9. The van der Waals surface area contributed by atoms with Crippen LogP contribution in [-0.2, 0) is 39.6 Å². The molecule has 1 aliphatic carbocycles. The summed E-state index contributed by atoms with van der Waals surface area (Å²) in [5.74, 6) is -2.77. The van der Waals surface area contributed by atoms with E-state index in [9.17, 15) is 42.3 Å². The second-order valence-corrected chi connectivity index (χ2v) is 15.0. The predicted octanol–water partition coefficient (Wildman–Crippen LogP) is 5.76. The van der Waals surface area contributed by atoms with Crippen LogP contribution in [-0.4, -0.2) is 86.3 Å². The molecule has 0 saturated heterocycles. The highest BCUT2D eigenvalue weighted by Gasteiger charge is 2.34. The SMILES string of the molecule is CO[C@H]1/C=C\C=C(/C)C(=O)NC2=CC(=O)C(NCCCCCCNC(=O)/C=C/c3ccc(C(F)(F)F)cc3)=C(C[C@@H](C)C[C@H](OC)[C@H](O)[C@@H](C)/C=C(\C)[C@@H]1OC(N)=O)C2=O. The second-order valence-electron chi connectivity index (χ2n) is 15.0. The molecule has 1 aromatic rings. The molecule has 60 heavy (non-hydrogen) atoms. The number of nitrogens with one attached hydrogen (secondary N) is 3. The van der Waals surface area contributed by atoms with Crippen molar-refractivity contribution in [2.24, 2.45) is 17.6 Å². The van der Waals surface area contributed by atoms with Crippen LogP contribution in [0.2, 0.25) is 0 Å². The van der Waals surface area contributed by atoms with Crippen LogP contribution >= 0.6 is 0 Å². The number of ether oxygens (including phenoxy) is 3. The summed E-state index contributed by atoms with van der Waals surface area (Å²) in [5.41, 5.74) is 5.98. The highest BCUT2D eigenvalue weighted by atomic mass is 19.4. The Kier molecular flexibility index (Phi) is 19.2. The number of carbonyl (C=O) groups excluding carboxylic acids is 5. The normalized spacial score (nSPS) is 26.0. The quantitative estimate of drug-likeness (QED) is 0.0706. The van der Waals surface area contributed by atoms with Gasteiger partial charge in [-0.25, -0.2) is 4.79 Å². The lowest BCUT2D eigenvalue weighted by Crippen LogP contribution is -2.38. The molecule has 13 nitrogen and oxygen atoms in total. The van der Waals surface area contributed by atoms with Crippen molar-refractivity contribution in [2.75, 3.05) is 27.3 Å². The molecule has 1 aliphatic heterocycles. The fourth-order valence-corrected chi connectivity index (χ4v) is 6.82. The number of hydrogen-bond acceptors (Lipinski definition) is 10. The Hall–Kier alpha value is -5.32. The van der Waals surface area contributed by atoms with Gasteiger partial charge in [0.25, 0.3) is 5.91 Å². The number of alkyl halides is 3. The molecule has 0 unspecified atom stereocenters. The van der Waals surface area contributed by atoms with Crippen LogP contribution < -0.4 is 21.7 Å². The number of primary amides is 1. The summed E-state index contributed by atoms with van der Waals surface area (Å²) in [6.45, 7) is 7.65. The Labute approximate surface area is 349 Å². The van der Waals surface area contributed by atoms with E-state index in [-0.39, 0.29) is 40.8 Å². The van der Waals surface area contributed by atoms with Crippen molar-refractivity contribution in [3.8, 4) is 0 Å². The number of hydrogen-bond donors (Lipinski definition) is 5. The molecule has 1 heterocycles. The number of Topliss-reactive ketones (excluding diaryl/α,β-unsaturated/α-hetero) is 1. The van der Waals surface area contributed by atoms with E-state index in [0.717, 1.165) is 31.1 Å².